The lowest BCUT2D eigenvalue weighted by Gasteiger charge is -2.07. The van der Waals surface area contributed by atoms with Gasteiger partial charge in [0.2, 0.25) is 0 Å². The van der Waals surface area contributed by atoms with E-state index >= 15 is 0 Å². The average molecular weight is 225 g/mol. The van der Waals surface area contributed by atoms with Gasteiger partial charge >= 0.3 is 0 Å². The first-order valence-electron chi connectivity index (χ1n) is 6.62. The van der Waals surface area contributed by atoms with E-state index < -0.39 is 0 Å². The zero-order valence-electron chi connectivity index (χ0n) is 10.3. The summed E-state index contributed by atoms with van der Waals surface area (Å²) in [5.41, 5.74) is 1.27. The lowest BCUT2D eigenvalue weighted by molar-refractivity contribution is 0.693. The summed E-state index contributed by atoms with van der Waals surface area (Å²) in [6.07, 6.45) is 4.02. The third kappa shape index (κ3) is 2.28. The highest BCUT2D eigenvalue weighted by Gasteiger charge is 2.35. The van der Waals surface area contributed by atoms with Crippen LogP contribution in [0.5, 0.6) is 0 Å². The van der Waals surface area contributed by atoms with E-state index in [-0.39, 0.29) is 0 Å². The molecule has 2 aromatic rings. The van der Waals surface area contributed by atoms with Crippen LogP contribution in [-0.4, -0.2) is 6.04 Å². The zero-order chi connectivity index (χ0) is 11.7. The Morgan fingerprint density at radius 3 is 2.76 bits per heavy atom. The first-order valence-corrected chi connectivity index (χ1v) is 6.62. The number of hydrogen-bond acceptors (Lipinski definition) is 1. The fourth-order valence-electron chi connectivity index (χ4n) is 2.61. The molecule has 1 fully saturated rings. The number of rotatable bonds is 4. The van der Waals surface area contributed by atoms with Crippen LogP contribution in [0, 0.1) is 5.92 Å². The third-order valence-corrected chi connectivity index (χ3v) is 3.68. The summed E-state index contributed by atoms with van der Waals surface area (Å²) in [6.45, 7) is 2.27. The second-order valence-electron chi connectivity index (χ2n) is 5.10. The molecule has 0 spiro atoms. The molecule has 1 nitrogen and oxygen atoms in total. The van der Waals surface area contributed by atoms with Gasteiger partial charge in [0.1, 0.15) is 0 Å². The normalized spacial score (nSPS) is 22.6. The van der Waals surface area contributed by atoms with E-state index in [1.807, 2.05) is 0 Å². The van der Waals surface area contributed by atoms with Crippen LogP contribution < -0.4 is 5.32 Å². The van der Waals surface area contributed by atoms with Crippen molar-refractivity contribution < 1.29 is 0 Å². The summed E-state index contributed by atoms with van der Waals surface area (Å²) in [5, 5.41) is 6.29. The van der Waals surface area contributed by atoms with Gasteiger partial charge in [-0.3, -0.25) is 0 Å². The van der Waals surface area contributed by atoms with Crippen LogP contribution in [0.2, 0.25) is 0 Å². The molecule has 1 heteroatoms. The van der Waals surface area contributed by atoms with E-state index in [2.05, 4.69) is 54.7 Å². The number of anilines is 1. The summed E-state index contributed by atoms with van der Waals surface area (Å²) < 4.78 is 0. The third-order valence-electron chi connectivity index (χ3n) is 3.68. The van der Waals surface area contributed by atoms with Gasteiger partial charge in [0.15, 0.2) is 0 Å². The van der Waals surface area contributed by atoms with Gasteiger partial charge in [-0.1, -0.05) is 43.7 Å². The van der Waals surface area contributed by atoms with Crippen molar-refractivity contribution in [3.8, 4) is 0 Å². The standard InChI is InChI=1S/C16H19N/c1-2-5-14-11-16(14)17-15-9-8-12-6-3-4-7-13(12)10-15/h3-4,6-10,14,16-17H,2,5,11H2,1H3. The Bertz CT molecular complexity index is 518. The second kappa shape index (κ2) is 4.40. The minimum atomic E-state index is 0.719. The average Bonchev–Trinajstić information content (AvgIpc) is 3.08. The Hall–Kier alpha value is -1.50. The van der Waals surface area contributed by atoms with E-state index in [0.29, 0.717) is 0 Å². The van der Waals surface area contributed by atoms with Crippen LogP contribution in [0.15, 0.2) is 42.5 Å². The molecule has 2 aromatic carbocycles. The monoisotopic (exact) mass is 225 g/mol. The van der Waals surface area contributed by atoms with Crippen LogP contribution in [0.3, 0.4) is 0 Å². The zero-order valence-corrected chi connectivity index (χ0v) is 10.3. The van der Waals surface area contributed by atoms with Crippen molar-refractivity contribution in [2.24, 2.45) is 5.92 Å². The number of fused-ring (bicyclic) bond motifs is 1. The summed E-state index contributed by atoms with van der Waals surface area (Å²) in [5.74, 6) is 0.909. The molecule has 0 aromatic heterocycles. The fraction of sp³-hybridized carbons (Fsp3) is 0.375. The maximum Gasteiger partial charge on any atom is 0.0348 e. The van der Waals surface area contributed by atoms with E-state index in [1.54, 1.807) is 0 Å². The van der Waals surface area contributed by atoms with Gasteiger partial charge in [0.25, 0.3) is 0 Å². The molecule has 0 saturated heterocycles. The van der Waals surface area contributed by atoms with E-state index in [1.165, 1.54) is 35.7 Å². The summed E-state index contributed by atoms with van der Waals surface area (Å²) in [7, 11) is 0. The minimum Gasteiger partial charge on any atom is -0.382 e. The highest BCUT2D eigenvalue weighted by Crippen LogP contribution is 2.37. The topological polar surface area (TPSA) is 12.0 Å². The van der Waals surface area contributed by atoms with Crippen LogP contribution in [0.25, 0.3) is 10.8 Å². The van der Waals surface area contributed by atoms with Gasteiger partial charge in [-0.25, -0.2) is 0 Å². The van der Waals surface area contributed by atoms with Crippen molar-refractivity contribution in [2.75, 3.05) is 5.32 Å². The molecule has 2 atom stereocenters. The summed E-state index contributed by atoms with van der Waals surface area (Å²) in [4.78, 5) is 0. The second-order valence-corrected chi connectivity index (χ2v) is 5.10. The van der Waals surface area contributed by atoms with Crippen LogP contribution >= 0.6 is 0 Å². The maximum absolute atomic E-state index is 3.64. The Labute approximate surface area is 103 Å². The van der Waals surface area contributed by atoms with Crippen molar-refractivity contribution in [3.05, 3.63) is 42.5 Å². The molecule has 2 unspecified atom stereocenters. The molecular weight excluding hydrogens is 206 g/mol. The lowest BCUT2D eigenvalue weighted by Crippen LogP contribution is -2.04. The van der Waals surface area contributed by atoms with E-state index in [9.17, 15) is 0 Å². The van der Waals surface area contributed by atoms with Crippen LogP contribution in [0.4, 0.5) is 5.69 Å². The lowest BCUT2D eigenvalue weighted by atomic mass is 10.1. The van der Waals surface area contributed by atoms with Crippen molar-refractivity contribution in [2.45, 2.75) is 32.2 Å². The molecule has 17 heavy (non-hydrogen) atoms. The first kappa shape index (κ1) is 10.6. The van der Waals surface area contributed by atoms with Gasteiger partial charge in [0, 0.05) is 11.7 Å². The summed E-state index contributed by atoms with van der Waals surface area (Å²) >= 11 is 0. The molecule has 0 radical (unpaired) electrons. The number of benzene rings is 2. The highest BCUT2D eigenvalue weighted by atomic mass is 15.0. The Morgan fingerprint density at radius 2 is 1.94 bits per heavy atom. The Balaban J connectivity index is 1.74. The highest BCUT2D eigenvalue weighted by molar-refractivity contribution is 5.85. The van der Waals surface area contributed by atoms with E-state index in [0.717, 1.165) is 12.0 Å². The number of nitrogens with one attached hydrogen (secondary N) is 1. The fourth-order valence-corrected chi connectivity index (χ4v) is 2.61. The van der Waals surface area contributed by atoms with Crippen LogP contribution in [-0.2, 0) is 0 Å². The van der Waals surface area contributed by atoms with Gasteiger partial charge in [-0.2, -0.15) is 0 Å². The molecule has 0 heterocycles. The molecule has 1 aliphatic rings. The quantitative estimate of drug-likeness (QED) is 0.811. The molecule has 0 bridgehead atoms. The SMILES string of the molecule is CCCC1CC1Nc1ccc2ccccc2c1. The molecule has 0 aliphatic heterocycles. The van der Waals surface area contributed by atoms with Crippen molar-refractivity contribution in [1.29, 1.82) is 0 Å². The van der Waals surface area contributed by atoms with Gasteiger partial charge in [-0.05, 0) is 41.7 Å². The van der Waals surface area contributed by atoms with Crippen molar-refractivity contribution >= 4 is 16.5 Å². The molecule has 0 amide bonds. The van der Waals surface area contributed by atoms with E-state index in [4.69, 9.17) is 0 Å². The maximum atomic E-state index is 3.64. The molecular formula is C16H19N. The van der Waals surface area contributed by atoms with Gasteiger partial charge in [-0.15, -0.1) is 0 Å². The van der Waals surface area contributed by atoms with Gasteiger partial charge in [0.05, 0.1) is 0 Å². The first-order chi connectivity index (χ1) is 8.36. The van der Waals surface area contributed by atoms with Crippen LogP contribution in [0.1, 0.15) is 26.2 Å². The largest absolute Gasteiger partial charge is 0.382 e. The Kier molecular flexibility index (Phi) is 2.76. The van der Waals surface area contributed by atoms with Gasteiger partial charge < -0.3 is 5.32 Å². The summed E-state index contributed by atoms with van der Waals surface area (Å²) in [6, 6.07) is 15.9. The molecule has 1 saturated carbocycles. The molecule has 3 rings (SSSR count). The van der Waals surface area contributed by atoms with Crippen molar-refractivity contribution in [3.63, 3.8) is 0 Å². The molecule has 1 aliphatic carbocycles. The molecule has 1 N–H and O–H groups in total. The predicted molar refractivity (Wildman–Crippen MR) is 74.4 cm³/mol. The smallest absolute Gasteiger partial charge is 0.0348 e. The minimum absolute atomic E-state index is 0.719. The Morgan fingerprint density at radius 1 is 1.12 bits per heavy atom. The molecule has 88 valence electrons. The predicted octanol–water partition coefficient (Wildman–Crippen LogP) is 4.44. The number of hydrogen-bond donors (Lipinski definition) is 1. The van der Waals surface area contributed by atoms with Crippen molar-refractivity contribution in [1.82, 2.24) is 0 Å².